The van der Waals surface area contributed by atoms with Gasteiger partial charge in [0.05, 0.1) is 18.0 Å². The fourth-order valence-electron chi connectivity index (χ4n) is 8.53. The van der Waals surface area contributed by atoms with Crippen molar-refractivity contribution in [3.63, 3.8) is 0 Å². The molecular formula is C71H92IrN4O3. The molecule has 0 saturated carbocycles. The number of benzene rings is 7. The molecule has 0 aliphatic rings. The van der Waals surface area contributed by atoms with Gasteiger partial charge in [-0.2, -0.15) is 0 Å². The van der Waals surface area contributed by atoms with E-state index in [-0.39, 0.29) is 76.2 Å². The van der Waals surface area contributed by atoms with Gasteiger partial charge in [-0.3, -0.25) is 9.78 Å². The van der Waals surface area contributed by atoms with Crippen LogP contribution in [0.15, 0.2) is 204 Å². The van der Waals surface area contributed by atoms with E-state index in [1.165, 1.54) is 38.3 Å². The van der Waals surface area contributed by atoms with Crippen LogP contribution in [0.4, 0.5) is 0 Å². The van der Waals surface area contributed by atoms with Gasteiger partial charge in [0.1, 0.15) is 5.76 Å². The summed E-state index contributed by atoms with van der Waals surface area (Å²) in [6, 6.07) is 67.8. The van der Waals surface area contributed by atoms with Gasteiger partial charge in [0, 0.05) is 65.5 Å². The molecule has 0 spiro atoms. The number of pyridine rings is 1. The zero-order valence-corrected chi connectivity index (χ0v) is 45.8. The molecule has 3 aromatic heterocycles. The van der Waals surface area contributed by atoms with Gasteiger partial charge in [-0.05, 0) is 115 Å². The molecule has 0 bridgehead atoms. The zero-order valence-electron chi connectivity index (χ0n) is 43.4. The average Bonchev–Trinajstić information content (AvgIpc) is 4.07. The van der Waals surface area contributed by atoms with Crippen molar-refractivity contribution in [2.75, 3.05) is 0 Å². The topological polar surface area (TPSA) is 98.4 Å². The second-order valence-electron chi connectivity index (χ2n) is 18.4. The smallest absolute Gasteiger partial charge is 0.320 e. The number of fused-ring (bicyclic) bond motifs is 4. The average molecular weight is 1240 g/mol. The molecule has 0 aliphatic carbocycles. The van der Waals surface area contributed by atoms with Gasteiger partial charge in [-0.25, -0.2) is 0 Å². The first kappa shape index (κ1) is 71.7. The molecule has 0 aliphatic heterocycles. The largest absolute Gasteiger partial charge is 0.512 e. The van der Waals surface area contributed by atoms with E-state index in [1.54, 1.807) is 13.8 Å². The van der Waals surface area contributed by atoms with Crippen LogP contribution in [0.5, 0.6) is 0 Å². The maximum atomic E-state index is 9.52. The Morgan fingerprint density at radius 3 is 1.53 bits per heavy atom. The minimum atomic E-state index is 0. The summed E-state index contributed by atoms with van der Waals surface area (Å²) in [4.78, 5) is 14.1. The molecule has 79 heavy (non-hydrogen) atoms. The first-order valence-electron chi connectivity index (χ1n) is 25.3. The Balaban J connectivity index is 0.00000100. The van der Waals surface area contributed by atoms with Crippen LogP contribution >= 0.6 is 0 Å². The summed E-state index contributed by atoms with van der Waals surface area (Å²) < 4.78 is 8.22. The number of carbonyl (C=O) groups excluding carboxylic acids is 1. The van der Waals surface area contributed by atoms with E-state index in [9.17, 15) is 9.90 Å². The second kappa shape index (κ2) is 35.3. The quantitative estimate of drug-likeness (QED) is 0.0569. The molecule has 423 valence electrons. The molecule has 0 amide bonds. The van der Waals surface area contributed by atoms with E-state index in [1.807, 2.05) is 91.0 Å². The Kier molecular flexibility index (Phi) is 32.1. The molecule has 8 heteroatoms. The molecule has 1 radical (unpaired) electrons. The number of para-hydroxylation sites is 3. The molecule has 3 atom stereocenters. The first-order valence-corrected chi connectivity index (χ1v) is 25.3. The Labute approximate surface area is 489 Å². The first-order chi connectivity index (χ1) is 35.0. The molecular weight excluding hydrogens is 1150 g/mol. The number of allylic oxidation sites excluding steroid dienone is 2. The van der Waals surface area contributed by atoms with E-state index in [0.717, 1.165) is 52.7 Å². The Morgan fingerprint density at radius 1 is 0.557 bits per heavy atom. The minimum absolute atomic E-state index is 0. The van der Waals surface area contributed by atoms with E-state index >= 15 is 0 Å². The van der Waals surface area contributed by atoms with E-state index in [0.29, 0.717) is 41.7 Å². The number of aliphatic hydroxyl groups excluding tert-OH is 1. The number of nitrogens with zero attached hydrogens (tertiary/aromatic N) is 4. The zero-order chi connectivity index (χ0) is 51.0. The molecule has 0 saturated heterocycles. The van der Waals surface area contributed by atoms with Crippen molar-refractivity contribution >= 4 is 38.5 Å². The van der Waals surface area contributed by atoms with Gasteiger partial charge in [0.2, 0.25) is 11.8 Å². The van der Waals surface area contributed by atoms with Gasteiger partial charge in [0.25, 0.3) is 0 Å². The number of hydrogen-bond donors (Lipinski definition) is 1. The van der Waals surface area contributed by atoms with Gasteiger partial charge in [0.15, 0.2) is 0 Å². The Morgan fingerprint density at radius 2 is 1.04 bits per heavy atom. The van der Waals surface area contributed by atoms with E-state index in [2.05, 4.69) is 164 Å². The normalized spacial score (nSPS) is 11.4. The molecule has 7 nitrogen and oxygen atoms in total. The number of ketones is 1. The molecule has 2 N–H and O–H groups in total. The fourth-order valence-corrected chi connectivity index (χ4v) is 8.53. The number of hydrogen-bond acceptors (Lipinski definition) is 5. The van der Waals surface area contributed by atoms with Crippen molar-refractivity contribution in [3.05, 3.63) is 222 Å². The molecule has 3 unspecified atom stereocenters. The summed E-state index contributed by atoms with van der Waals surface area (Å²) in [7, 11) is 0. The number of aromatic nitrogens is 4. The van der Waals surface area contributed by atoms with Gasteiger partial charge in [-0.1, -0.05) is 201 Å². The second-order valence-corrected chi connectivity index (χ2v) is 18.4. The summed E-state index contributed by atoms with van der Waals surface area (Å²) in [5.41, 5.74) is 12.0. The summed E-state index contributed by atoms with van der Waals surface area (Å²) >= 11 is 0. The summed E-state index contributed by atoms with van der Waals surface area (Å²) in [5, 5.41) is 21.7. The molecule has 10 rings (SSSR count). The van der Waals surface area contributed by atoms with Crippen LogP contribution in [0.2, 0.25) is 0 Å². The van der Waals surface area contributed by atoms with Crippen LogP contribution in [0.25, 0.3) is 66.9 Å². The standard InChI is InChI=1S/C18H18N2O.C16H17N.C16H22O2.C15H10N.6CH4.Ir/c1-3-13(2)14-9-11-16(12-10-14)18-20-19-17(21-18)15-7-5-4-6-8-15;1-3-12(2)17-15-10-6-4-8-13(15)14-9-5-7-11-16(14)17;1-5-11(2)15-8-6-14(7-9-15)10-16(12(3)17)13(4)18;1-2-6-12(7-3-1)15-11-10-13-8-4-5-9-14(13)16-15;;;;;;;/h4-13H,3H2,1-2H3;4-12H,3H2,1-2H3;6-9,11,17H,5,10H2,1-4H3;1-6,8-11H;6*1H4;/q;;;-1;;;;;;;/p+1. The summed E-state index contributed by atoms with van der Waals surface area (Å²) in [6.07, 6.45) is 3.98. The van der Waals surface area contributed by atoms with Crippen LogP contribution < -0.4 is 0 Å². The predicted molar refractivity (Wildman–Crippen MR) is 342 cm³/mol. The maximum Gasteiger partial charge on any atom is 0.320 e. The molecule has 7 aromatic carbocycles. The Hall–Kier alpha value is -7.25. The summed E-state index contributed by atoms with van der Waals surface area (Å²) in [6.45, 7) is 16.6. The fraction of sp³-hybridized carbons (Fsp3) is 0.296. The van der Waals surface area contributed by atoms with E-state index in [4.69, 9.17) is 4.42 Å². The van der Waals surface area contributed by atoms with Crippen LogP contribution in [0, 0.1) is 6.07 Å². The minimum Gasteiger partial charge on any atom is -0.512 e. The van der Waals surface area contributed by atoms with Crippen molar-refractivity contribution in [2.24, 2.45) is 0 Å². The van der Waals surface area contributed by atoms with E-state index < -0.39 is 0 Å². The number of rotatable bonds is 12. The molecule has 10 aromatic rings. The number of aliphatic hydroxyl groups is 1. The van der Waals surface area contributed by atoms with Crippen molar-refractivity contribution in [1.29, 1.82) is 0 Å². The predicted octanol–water partition coefficient (Wildman–Crippen LogP) is 21.3. The van der Waals surface area contributed by atoms with Gasteiger partial charge < -0.3 is 14.1 Å². The van der Waals surface area contributed by atoms with Crippen molar-refractivity contribution in [1.82, 2.24) is 19.7 Å². The Bertz CT molecular complexity index is 3270. The van der Waals surface area contributed by atoms with Crippen LogP contribution in [-0.2, 0) is 26.5 Å². The monoisotopic (exact) mass is 1240 g/mol. The molecule has 3 heterocycles. The van der Waals surface area contributed by atoms with Crippen molar-refractivity contribution < 1.29 is 34.4 Å². The maximum absolute atomic E-state index is 9.52. The third kappa shape index (κ3) is 18.7. The van der Waals surface area contributed by atoms with Crippen LogP contribution in [-0.4, -0.2) is 35.4 Å². The SMILES string of the molecule is C.C.C.C.C.C.CCC(C)c1ccc(-c2nnc(-c3ccccc3)o2)cc1.CCC(C)c1ccc(CC(C(C)=[OH+])=C(C)O)cc1.CCC(C)n1c2ccccc2c2ccccc21.[Ir].[c-]1ccccc1-c1ccc2ccccc2n1. The third-order valence-corrected chi connectivity index (χ3v) is 13.4. The van der Waals surface area contributed by atoms with Crippen LogP contribution in [0.3, 0.4) is 0 Å². The van der Waals surface area contributed by atoms with Crippen molar-refractivity contribution in [2.45, 2.75) is 144 Å². The van der Waals surface area contributed by atoms with Gasteiger partial charge >= 0.3 is 5.78 Å². The third-order valence-electron chi connectivity index (χ3n) is 13.4. The van der Waals surface area contributed by atoms with Gasteiger partial charge in [-0.15, -0.1) is 46.1 Å². The molecule has 0 fully saturated rings. The van der Waals surface area contributed by atoms with Crippen LogP contribution in [0.1, 0.15) is 154 Å². The summed E-state index contributed by atoms with van der Waals surface area (Å²) in [5.74, 6) is 2.62. The van der Waals surface area contributed by atoms with Crippen molar-refractivity contribution in [3.8, 4) is 34.2 Å².